The van der Waals surface area contributed by atoms with Crippen LogP contribution in [0.1, 0.15) is 21.5 Å². The highest BCUT2D eigenvalue weighted by Gasteiger charge is 2.34. The molecule has 0 amide bonds. The molecule has 5 nitrogen and oxygen atoms in total. The maximum atomic E-state index is 13.5. The molecular formula is C24H20O5S. The summed E-state index contributed by atoms with van der Waals surface area (Å²) in [6, 6.07) is 19.4. The van der Waals surface area contributed by atoms with Gasteiger partial charge in [0.2, 0.25) is 0 Å². The Morgan fingerprint density at radius 2 is 1.27 bits per heavy atom. The highest BCUT2D eigenvalue weighted by molar-refractivity contribution is 7.95. The molecule has 0 saturated carbocycles. The van der Waals surface area contributed by atoms with Crippen LogP contribution in [0.3, 0.4) is 0 Å². The number of hydrogen-bond donors (Lipinski definition) is 0. The number of allylic oxidation sites excluding steroid dienone is 1. The number of carbonyl (C=O) groups excluding carboxylic acids is 1. The van der Waals surface area contributed by atoms with Gasteiger partial charge in [-0.2, -0.15) is 0 Å². The average molecular weight is 420 g/mol. The normalized spacial score (nSPS) is 15.0. The van der Waals surface area contributed by atoms with Crippen molar-refractivity contribution in [1.82, 2.24) is 0 Å². The van der Waals surface area contributed by atoms with Crippen molar-refractivity contribution in [3.8, 4) is 17.2 Å². The maximum Gasteiger partial charge on any atom is 0.194 e. The van der Waals surface area contributed by atoms with Crippen LogP contribution in [0, 0.1) is 0 Å². The predicted molar refractivity (Wildman–Crippen MR) is 117 cm³/mol. The van der Waals surface area contributed by atoms with Crippen LogP contribution in [-0.4, -0.2) is 31.3 Å². The highest BCUT2D eigenvalue weighted by Crippen LogP contribution is 2.44. The summed E-state index contributed by atoms with van der Waals surface area (Å²) in [4.78, 5) is 14.6. The van der Waals surface area contributed by atoms with E-state index < -0.39 is 10.8 Å². The molecule has 1 aliphatic heterocycles. The molecule has 0 N–H and O–H groups in total. The van der Waals surface area contributed by atoms with Gasteiger partial charge in [0.15, 0.2) is 5.78 Å². The number of fused-ring (bicyclic) bond motifs is 1. The lowest BCUT2D eigenvalue weighted by molar-refractivity contribution is 0.105. The summed E-state index contributed by atoms with van der Waals surface area (Å²) in [5.41, 5.74) is 2.29. The van der Waals surface area contributed by atoms with E-state index in [1.165, 1.54) is 0 Å². The first-order valence-electron chi connectivity index (χ1n) is 9.25. The van der Waals surface area contributed by atoms with E-state index in [2.05, 4.69) is 0 Å². The van der Waals surface area contributed by atoms with Crippen molar-refractivity contribution in [3.63, 3.8) is 0 Å². The van der Waals surface area contributed by atoms with Gasteiger partial charge in [-0.25, -0.2) is 4.21 Å². The molecule has 152 valence electrons. The summed E-state index contributed by atoms with van der Waals surface area (Å²) >= 11 is 0. The minimum atomic E-state index is -1.52. The second-order valence-corrected chi connectivity index (χ2v) is 8.01. The number of methoxy groups -OCH3 is 3. The third kappa shape index (κ3) is 3.39. The van der Waals surface area contributed by atoms with Gasteiger partial charge in [-0.3, -0.25) is 4.79 Å². The van der Waals surface area contributed by atoms with E-state index in [4.69, 9.17) is 14.2 Å². The van der Waals surface area contributed by atoms with Gasteiger partial charge < -0.3 is 14.2 Å². The average Bonchev–Trinajstić information content (AvgIpc) is 3.10. The standard InChI is InChI=1S/C24H20O5S/c1-27-17-8-4-15(5-9-17)23(25)22-20-13-12-19(29-3)14-21(20)30(26)24(22)16-6-10-18(28-2)11-7-16/h4-14H,1-3H3. The first-order valence-corrected chi connectivity index (χ1v) is 10.4. The van der Waals surface area contributed by atoms with Crippen molar-refractivity contribution in [2.24, 2.45) is 0 Å². The van der Waals surface area contributed by atoms with E-state index in [-0.39, 0.29) is 5.78 Å². The van der Waals surface area contributed by atoms with Crippen LogP contribution < -0.4 is 14.2 Å². The number of Topliss-reactive ketones (excluding diaryl/α,β-unsaturated/α-hetero) is 1. The largest absolute Gasteiger partial charge is 0.497 e. The molecule has 0 aromatic heterocycles. The van der Waals surface area contributed by atoms with E-state index >= 15 is 0 Å². The summed E-state index contributed by atoms with van der Waals surface area (Å²) < 4.78 is 29.2. The monoisotopic (exact) mass is 420 g/mol. The third-order valence-electron chi connectivity index (χ3n) is 5.00. The Labute approximate surface area is 177 Å². The lowest BCUT2D eigenvalue weighted by Crippen LogP contribution is -2.03. The van der Waals surface area contributed by atoms with Gasteiger partial charge >= 0.3 is 0 Å². The minimum absolute atomic E-state index is 0.194. The van der Waals surface area contributed by atoms with Crippen molar-refractivity contribution in [2.45, 2.75) is 4.90 Å². The molecule has 6 heteroatoms. The zero-order valence-corrected chi connectivity index (χ0v) is 17.6. The van der Waals surface area contributed by atoms with E-state index in [1.807, 2.05) is 12.1 Å². The number of benzene rings is 3. The smallest absolute Gasteiger partial charge is 0.194 e. The summed E-state index contributed by atoms with van der Waals surface area (Å²) in [5, 5.41) is 0. The molecule has 0 aliphatic carbocycles. The van der Waals surface area contributed by atoms with Gasteiger partial charge in [0.1, 0.15) is 17.2 Å². The van der Waals surface area contributed by atoms with E-state index in [0.29, 0.717) is 49.3 Å². The first-order chi connectivity index (χ1) is 14.6. The number of hydrogen-bond acceptors (Lipinski definition) is 5. The quantitative estimate of drug-likeness (QED) is 0.546. The molecule has 1 atom stereocenters. The highest BCUT2D eigenvalue weighted by atomic mass is 32.2. The van der Waals surface area contributed by atoms with Gasteiger partial charge in [-0.1, -0.05) is 12.1 Å². The lowest BCUT2D eigenvalue weighted by atomic mass is 9.94. The van der Waals surface area contributed by atoms with Gasteiger partial charge in [0, 0.05) is 16.7 Å². The van der Waals surface area contributed by atoms with Gasteiger partial charge in [0.25, 0.3) is 0 Å². The van der Waals surface area contributed by atoms with Crippen LogP contribution in [0.25, 0.3) is 10.5 Å². The van der Waals surface area contributed by atoms with E-state index in [9.17, 15) is 9.00 Å². The molecule has 0 radical (unpaired) electrons. The Bertz CT molecular complexity index is 1160. The number of carbonyl (C=O) groups is 1. The molecule has 30 heavy (non-hydrogen) atoms. The fraction of sp³-hybridized carbons (Fsp3) is 0.125. The molecule has 1 unspecified atom stereocenters. The molecule has 4 rings (SSSR count). The minimum Gasteiger partial charge on any atom is -0.497 e. The van der Waals surface area contributed by atoms with Crippen LogP contribution in [0.5, 0.6) is 17.2 Å². The van der Waals surface area contributed by atoms with Crippen molar-refractivity contribution in [1.29, 1.82) is 0 Å². The fourth-order valence-corrected chi connectivity index (χ4v) is 4.97. The van der Waals surface area contributed by atoms with Crippen molar-refractivity contribution in [2.75, 3.05) is 21.3 Å². The van der Waals surface area contributed by atoms with Crippen LogP contribution in [0.2, 0.25) is 0 Å². The summed E-state index contributed by atoms with van der Waals surface area (Å²) in [6.07, 6.45) is 0. The van der Waals surface area contributed by atoms with Crippen LogP contribution in [-0.2, 0) is 10.8 Å². The molecule has 3 aromatic rings. The van der Waals surface area contributed by atoms with Gasteiger partial charge in [-0.05, 0) is 60.2 Å². The summed E-state index contributed by atoms with van der Waals surface area (Å²) in [5.74, 6) is 1.75. The van der Waals surface area contributed by atoms with Gasteiger partial charge in [-0.15, -0.1) is 0 Å². The molecule has 0 saturated heterocycles. The Kier molecular flexibility index (Phi) is 5.42. The molecule has 0 fully saturated rings. The second kappa shape index (κ2) is 8.16. The molecule has 3 aromatic carbocycles. The molecule has 0 bridgehead atoms. The van der Waals surface area contributed by atoms with Crippen LogP contribution in [0.4, 0.5) is 0 Å². The SMILES string of the molecule is COc1ccc(C(=O)C2=C(c3ccc(OC)cc3)S(=O)c3cc(OC)ccc32)cc1. The molecule has 1 heterocycles. The lowest BCUT2D eigenvalue weighted by Gasteiger charge is -2.09. The van der Waals surface area contributed by atoms with Gasteiger partial charge in [0.05, 0.1) is 41.9 Å². The zero-order valence-electron chi connectivity index (χ0n) is 16.8. The van der Waals surface area contributed by atoms with Crippen LogP contribution in [0.15, 0.2) is 71.6 Å². The third-order valence-corrected chi connectivity index (χ3v) is 6.55. The maximum absolute atomic E-state index is 13.5. The van der Waals surface area contributed by atoms with Crippen molar-refractivity contribution < 1.29 is 23.2 Å². The Morgan fingerprint density at radius 3 is 1.83 bits per heavy atom. The van der Waals surface area contributed by atoms with E-state index in [0.717, 1.165) is 0 Å². The zero-order chi connectivity index (χ0) is 21.3. The predicted octanol–water partition coefficient (Wildman–Crippen LogP) is 4.58. The number of ketones is 1. The second-order valence-electron chi connectivity index (χ2n) is 6.62. The topological polar surface area (TPSA) is 61.8 Å². The van der Waals surface area contributed by atoms with E-state index in [1.54, 1.807) is 75.9 Å². The fourth-order valence-electron chi connectivity index (χ4n) is 3.42. The number of ether oxygens (including phenoxy) is 3. The molecular weight excluding hydrogens is 400 g/mol. The van der Waals surface area contributed by atoms with Crippen LogP contribution >= 0.6 is 0 Å². The summed E-state index contributed by atoms with van der Waals surface area (Å²) in [6.45, 7) is 0. The first kappa shape index (κ1) is 19.9. The number of rotatable bonds is 6. The molecule has 0 spiro atoms. The Balaban J connectivity index is 1.90. The molecule has 1 aliphatic rings. The summed E-state index contributed by atoms with van der Waals surface area (Å²) in [7, 11) is 3.19. The van der Waals surface area contributed by atoms with Crippen molar-refractivity contribution >= 4 is 27.1 Å². The Morgan fingerprint density at radius 1 is 0.733 bits per heavy atom. The Hall–Kier alpha value is -3.38. The van der Waals surface area contributed by atoms with Crippen molar-refractivity contribution in [3.05, 3.63) is 83.4 Å².